The highest BCUT2D eigenvalue weighted by atomic mass is 32.1. The van der Waals surface area contributed by atoms with E-state index in [0.717, 1.165) is 17.7 Å². The fraction of sp³-hybridized carbons (Fsp3) is 0.545. The number of rotatable bonds is 5. The molecule has 1 aromatic heterocycles. The van der Waals surface area contributed by atoms with Gasteiger partial charge in [-0.25, -0.2) is 0 Å². The van der Waals surface area contributed by atoms with Gasteiger partial charge in [0.25, 0.3) is 0 Å². The van der Waals surface area contributed by atoms with E-state index in [1.807, 2.05) is 31.4 Å². The molecule has 0 fully saturated rings. The number of ketones is 1. The smallest absolute Gasteiger partial charge is 0.180 e. The lowest BCUT2D eigenvalue weighted by Crippen LogP contribution is -2.37. The van der Waals surface area contributed by atoms with Gasteiger partial charge >= 0.3 is 0 Å². The monoisotopic (exact) mass is 211 g/mol. The molecule has 0 aromatic carbocycles. The lowest BCUT2D eigenvalue weighted by atomic mass is 9.78. The number of hydrogen-bond donors (Lipinski definition) is 1. The average molecular weight is 211 g/mol. The van der Waals surface area contributed by atoms with Crippen molar-refractivity contribution in [1.82, 2.24) is 0 Å². The van der Waals surface area contributed by atoms with Gasteiger partial charge in [-0.2, -0.15) is 0 Å². The van der Waals surface area contributed by atoms with Crippen molar-refractivity contribution in [2.75, 3.05) is 6.54 Å². The van der Waals surface area contributed by atoms with Crippen LogP contribution in [-0.2, 0) is 0 Å². The van der Waals surface area contributed by atoms with Gasteiger partial charge in [0, 0.05) is 12.0 Å². The molecule has 0 radical (unpaired) electrons. The maximum Gasteiger partial charge on any atom is 0.180 e. The maximum absolute atomic E-state index is 12.2. The van der Waals surface area contributed by atoms with Crippen molar-refractivity contribution in [3.05, 3.63) is 22.4 Å². The number of thiophene rings is 1. The Balaban J connectivity index is 2.95. The Hall–Kier alpha value is -0.670. The summed E-state index contributed by atoms with van der Waals surface area (Å²) in [5, 5.41) is 1.93. The summed E-state index contributed by atoms with van der Waals surface area (Å²) >= 11 is 1.50. The summed E-state index contributed by atoms with van der Waals surface area (Å²) in [4.78, 5) is 13.0. The zero-order chi connectivity index (χ0) is 10.6. The molecule has 0 aliphatic carbocycles. The molecule has 0 spiro atoms. The fourth-order valence-corrected chi connectivity index (χ4v) is 2.41. The zero-order valence-corrected chi connectivity index (χ0v) is 9.56. The van der Waals surface area contributed by atoms with Gasteiger partial charge in [0.2, 0.25) is 0 Å². The minimum absolute atomic E-state index is 0.208. The predicted octanol–water partition coefficient (Wildman–Crippen LogP) is 2.70. The maximum atomic E-state index is 12.2. The first kappa shape index (κ1) is 11.4. The van der Waals surface area contributed by atoms with Crippen LogP contribution in [0, 0.1) is 5.41 Å². The van der Waals surface area contributed by atoms with Crippen molar-refractivity contribution in [3.63, 3.8) is 0 Å². The van der Waals surface area contributed by atoms with Crippen molar-refractivity contribution < 1.29 is 4.79 Å². The van der Waals surface area contributed by atoms with Gasteiger partial charge in [-0.15, -0.1) is 11.3 Å². The third-order valence-corrected chi connectivity index (χ3v) is 3.84. The first-order valence-corrected chi connectivity index (χ1v) is 5.86. The third kappa shape index (κ3) is 1.88. The number of nitrogens with two attached hydrogens (primary N) is 1. The topological polar surface area (TPSA) is 43.1 Å². The Labute approximate surface area is 89.1 Å². The lowest BCUT2D eigenvalue weighted by molar-refractivity contribution is 0.0792. The van der Waals surface area contributed by atoms with Crippen LogP contribution in [0.3, 0.4) is 0 Å². The zero-order valence-electron chi connectivity index (χ0n) is 8.75. The van der Waals surface area contributed by atoms with Gasteiger partial charge in [0.1, 0.15) is 0 Å². The van der Waals surface area contributed by atoms with Crippen molar-refractivity contribution in [3.8, 4) is 0 Å². The molecule has 0 bridgehead atoms. The second-order valence-electron chi connectivity index (χ2n) is 3.50. The van der Waals surface area contributed by atoms with E-state index in [1.54, 1.807) is 0 Å². The number of carbonyl (C=O) groups is 1. The second-order valence-corrected chi connectivity index (χ2v) is 4.45. The molecule has 0 atom stereocenters. The van der Waals surface area contributed by atoms with E-state index in [4.69, 9.17) is 5.73 Å². The van der Waals surface area contributed by atoms with Crippen LogP contribution < -0.4 is 5.73 Å². The van der Waals surface area contributed by atoms with Gasteiger partial charge < -0.3 is 5.73 Å². The van der Waals surface area contributed by atoms with E-state index in [2.05, 4.69) is 0 Å². The Kier molecular flexibility index (Phi) is 3.84. The largest absolute Gasteiger partial charge is 0.329 e. The summed E-state index contributed by atoms with van der Waals surface area (Å²) in [7, 11) is 0. The van der Waals surface area contributed by atoms with Crippen LogP contribution in [-0.4, -0.2) is 12.3 Å². The molecule has 1 aromatic rings. The van der Waals surface area contributed by atoms with Crippen LogP contribution in [0.4, 0.5) is 0 Å². The van der Waals surface area contributed by atoms with Crippen molar-refractivity contribution >= 4 is 17.1 Å². The van der Waals surface area contributed by atoms with E-state index in [0.29, 0.717) is 6.54 Å². The first-order valence-electron chi connectivity index (χ1n) is 4.98. The molecular formula is C11H17NOS. The molecule has 78 valence electrons. The van der Waals surface area contributed by atoms with Gasteiger partial charge in [0.15, 0.2) is 5.78 Å². The quantitative estimate of drug-likeness (QED) is 0.761. The first-order chi connectivity index (χ1) is 6.70. The number of Topliss-reactive ketones (excluding diaryl/α,β-unsaturated/α-hetero) is 1. The molecule has 0 saturated carbocycles. The molecule has 0 saturated heterocycles. The van der Waals surface area contributed by atoms with Crippen molar-refractivity contribution in [2.24, 2.45) is 11.1 Å². The summed E-state index contributed by atoms with van der Waals surface area (Å²) in [6.07, 6.45) is 1.63. The van der Waals surface area contributed by atoms with Gasteiger partial charge in [0.05, 0.1) is 4.88 Å². The van der Waals surface area contributed by atoms with Crippen molar-refractivity contribution in [2.45, 2.75) is 26.7 Å². The van der Waals surface area contributed by atoms with Gasteiger partial charge in [-0.3, -0.25) is 4.79 Å². The lowest BCUT2D eigenvalue weighted by Gasteiger charge is -2.27. The highest BCUT2D eigenvalue weighted by molar-refractivity contribution is 7.12. The minimum atomic E-state index is -0.342. The molecule has 1 heterocycles. The van der Waals surface area contributed by atoms with Gasteiger partial charge in [-0.05, 0) is 24.3 Å². The van der Waals surface area contributed by atoms with Crippen LogP contribution in [0.25, 0.3) is 0 Å². The van der Waals surface area contributed by atoms with E-state index in [9.17, 15) is 4.79 Å². The highest BCUT2D eigenvalue weighted by Crippen LogP contribution is 2.31. The highest BCUT2D eigenvalue weighted by Gasteiger charge is 2.34. The van der Waals surface area contributed by atoms with Crippen molar-refractivity contribution in [1.29, 1.82) is 0 Å². The summed E-state index contributed by atoms with van der Waals surface area (Å²) in [5.74, 6) is 0.208. The Morgan fingerprint density at radius 3 is 2.50 bits per heavy atom. The van der Waals surface area contributed by atoms with Crippen LogP contribution in [0.1, 0.15) is 36.4 Å². The SMILES string of the molecule is CCC(CC)(CN)C(=O)c1cccs1. The molecular weight excluding hydrogens is 194 g/mol. The summed E-state index contributed by atoms with van der Waals surface area (Å²) in [6.45, 7) is 4.50. The van der Waals surface area contributed by atoms with Crippen LogP contribution in [0.15, 0.2) is 17.5 Å². The normalized spacial score (nSPS) is 11.6. The van der Waals surface area contributed by atoms with Crippen LogP contribution in [0.5, 0.6) is 0 Å². The summed E-state index contributed by atoms with van der Waals surface area (Å²) < 4.78 is 0. The fourth-order valence-electron chi connectivity index (χ4n) is 1.62. The molecule has 0 amide bonds. The molecule has 0 aliphatic rings. The second kappa shape index (κ2) is 4.71. The molecule has 0 aliphatic heterocycles. The number of carbonyl (C=O) groups excluding carboxylic acids is 1. The molecule has 2 N–H and O–H groups in total. The van der Waals surface area contributed by atoms with Gasteiger partial charge in [-0.1, -0.05) is 19.9 Å². The van der Waals surface area contributed by atoms with Crippen LogP contribution in [0.2, 0.25) is 0 Å². The average Bonchev–Trinajstić information content (AvgIpc) is 2.74. The standard InChI is InChI=1S/C11H17NOS/c1-3-11(4-2,8-12)10(13)9-6-5-7-14-9/h5-7H,3-4,8,12H2,1-2H3. The molecule has 14 heavy (non-hydrogen) atoms. The summed E-state index contributed by atoms with van der Waals surface area (Å²) in [5.41, 5.74) is 5.38. The number of hydrogen-bond acceptors (Lipinski definition) is 3. The third-order valence-electron chi connectivity index (χ3n) is 2.97. The Morgan fingerprint density at radius 2 is 2.14 bits per heavy atom. The Morgan fingerprint density at radius 1 is 1.50 bits per heavy atom. The van der Waals surface area contributed by atoms with E-state index < -0.39 is 0 Å². The Bertz CT molecular complexity index is 280. The van der Waals surface area contributed by atoms with Crippen LogP contribution >= 0.6 is 11.3 Å². The van der Waals surface area contributed by atoms with E-state index >= 15 is 0 Å². The van der Waals surface area contributed by atoms with E-state index in [1.165, 1.54) is 11.3 Å². The molecule has 0 unspecified atom stereocenters. The molecule has 1 rings (SSSR count). The molecule has 2 nitrogen and oxygen atoms in total. The van der Waals surface area contributed by atoms with E-state index in [-0.39, 0.29) is 11.2 Å². The minimum Gasteiger partial charge on any atom is -0.329 e. The summed E-state index contributed by atoms with van der Waals surface area (Å²) in [6, 6.07) is 3.78. The predicted molar refractivity (Wildman–Crippen MR) is 60.7 cm³/mol. The molecule has 3 heteroatoms.